The lowest BCUT2D eigenvalue weighted by Gasteiger charge is -2.10. The van der Waals surface area contributed by atoms with Gasteiger partial charge in [0.1, 0.15) is 18.2 Å². The lowest BCUT2D eigenvalue weighted by Crippen LogP contribution is -2.36. The number of hydrogen-bond acceptors (Lipinski definition) is 2. The molecule has 156 valence electrons. The van der Waals surface area contributed by atoms with Gasteiger partial charge < -0.3 is 4.42 Å². The maximum absolute atomic E-state index is 9.79. The molecule has 0 fully saturated rings. The molecule has 0 amide bonds. The summed E-state index contributed by atoms with van der Waals surface area (Å²) in [5, 5.41) is 11.2. The van der Waals surface area contributed by atoms with E-state index in [9.17, 15) is 5.26 Å². The molecule has 0 atom stereocenters. The van der Waals surface area contributed by atoms with Gasteiger partial charge in [-0.05, 0) is 49.6 Å². The molecule has 3 nitrogen and oxygen atoms in total. The minimum absolute atomic E-state index is 0.0120. The largest absolute Gasteiger partial charge is 0.454 e. The third-order valence-electron chi connectivity index (χ3n) is 6.46. The van der Waals surface area contributed by atoms with Crippen LogP contribution in [-0.4, -0.2) is 0 Å². The van der Waals surface area contributed by atoms with Crippen LogP contribution in [0.4, 0.5) is 0 Å². The number of rotatable bonds is 2. The Hall–Kier alpha value is -3.90. The Morgan fingerprint density at radius 2 is 1.66 bits per heavy atom. The second-order valence-electron chi connectivity index (χ2n) is 8.23. The van der Waals surface area contributed by atoms with Crippen molar-refractivity contribution in [2.24, 2.45) is 7.05 Å². The predicted molar refractivity (Wildman–Crippen MR) is 129 cm³/mol. The highest BCUT2D eigenvalue weighted by atomic mass is 16.3. The van der Waals surface area contributed by atoms with Crippen molar-refractivity contribution in [2.75, 3.05) is 0 Å². The monoisotopic (exact) mass is 422 g/mol. The fourth-order valence-electron chi connectivity index (χ4n) is 4.36. The fraction of sp³-hybridized carbons (Fsp3) is 0.172. The maximum atomic E-state index is 9.79. The van der Waals surface area contributed by atoms with Crippen LogP contribution in [0.2, 0.25) is 0 Å². The molecule has 2 aromatic heterocycles. The number of nitriles is 1. The molecule has 0 aliphatic heterocycles. The van der Waals surface area contributed by atoms with Crippen molar-refractivity contribution in [1.29, 1.82) is 5.26 Å². The lowest BCUT2D eigenvalue weighted by atomic mass is 9.96. The number of fused-ring (bicyclic) bond motifs is 3. The molecule has 32 heavy (non-hydrogen) atoms. The van der Waals surface area contributed by atoms with Crippen LogP contribution in [0.5, 0.6) is 0 Å². The molecule has 5 aromatic rings. The summed E-state index contributed by atoms with van der Waals surface area (Å²) in [5.41, 5.74) is 8.02. The van der Waals surface area contributed by atoms with E-state index >= 15 is 0 Å². The number of nitrogens with zero attached hydrogens (tertiary/aromatic N) is 2. The van der Waals surface area contributed by atoms with Crippen molar-refractivity contribution in [3.05, 3.63) is 88.5 Å². The summed E-state index contributed by atoms with van der Waals surface area (Å²) in [6, 6.07) is 9.50. The fourth-order valence-corrected chi connectivity index (χ4v) is 4.36. The predicted octanol–water partition coefficient (Wildman–Crippen LogP) is 6.85. The average molecular weight is 423 g/mol. The zero-order chi connectivity index (χ0) is 26.9. The Kier molecular flexibility index (Phi) is 3.45. The van der Waals surface area contributed by atoms with E-state index in [-0.39, 0.29) is 17.6 Å². The molecule has 3 heteroatoms. The van der Waals surface area contributed by atoms with Gasteiger partial charge in [0, 0.05) is 34.9 Å². The van der Waals surface area contributed by atoms with E-state index in [4.69, 9.17) is 11.3 Å². The number of furan rings is 1. The molecule has 0 saturated carbocycles. The maximum Gasteiger partial charge on any atom is 0.216 e. The van der Waals surface area contributed by atoms with E-state index in [0.29, 0.717) is 27.7 Å². The molecule has 0 saturated heterocycles. The first-order chi connectivity index (χ1) is 17.5. The zero-order valence-corrected chi connectivity index (χ0v) is 18.7. The van der Waals surface area contributed by atoms with Gasteiger partial charge in [0.2, 0.25) is 5.69 Å². The molecule has 5 rings (SSSR count). The SMILES string of the molecule is [2H]c1c([2H])c([2H])c(-c2cc(C#N)cc3c2oc2c(-c4cc(C)c(C)c(C)[n+]4C)c(C)ccc23)c([2H])c1[2H]. The second-order valence-corrected chi connectivity index (χ2v) is 8.23. The van der Waals surface area contributed by atoms with Gasteiger partial charge in [0.15, 0.2) is 5.69 Å². The van der Waals surface area contributed by atoms with Crippen molar-refractivity contribution in [1.82, 2.24) is 0 Å². The van der Waals surface area contributed by atoms with Crippen molar-refractivity contribution < 1.29 is 15.8 Å². The van der Waals surface area contributed by atoms with E-state index in [0.717, 1.165) is 33.5 Å². The van der Waals surface area contributed by atoms with Gasteiger partial charge in [-0.15, -0.1) is 0 Å². The Labute approximate surface area is 195 Å². The summed E-state index contributed by atoms with van der Waals surface area (Å²) in [4.78, 5) is 0. The molecule has 0 aliphatic rings. The van der Waals surface area contributed by atoms with Gasteiger partial charge >= 0.3 is 0 Å². The van der Waals surface area contributed by atoms with Gasteiger partial charge in [-0.1, -0.05) is 42.3 Å². The third-order valence-corrected chi connectivity index (χ3v) is 6.46. The van der Waals surface area contributed by atoms with E-state index < -0.39 is 18.1 Å². The summed E-state index contributed by atoms with van der Waals surface area (Å²) in [6.45, 7) is 8.27. The third kappa shape index (κ3) is 2.92. The van der Waals surface area contributed by atoms with E-state index in [1.165, 1.54) is 11.6 Å². The van der Waals surface area contributed by atoms with E-state index in [2.05, 4.69) is 37.5 Å². The molecular weight excluding hydrogens is 392 g/mol. The Bertz CT molecular complexity index is 1820. The number of benzene rings is 3. The van der Waals surface area contributed by atoms with Gasteiger partial charge in [-0.2, -0.15) is 9.83 Å². The van der Waals surface area contributed by atoms with Crippen molar-refractivity contribution in [2.45, 2.75) is 27.7 Å². The van der Waals surface area contributed by atoms with Crippen molar-refractivity contribution in [3.63, 3.8) is 0 Å². The Balaban J connectivity index is 1.97. The lowest BCUT2D eigenvalue weighted by molar-refractivity contribution is -0.667. The van der Waals surface area contributed by atoms with Crippen LogP contribution in [0.25, 0.3) is 44.3 Å². The number of aryl methyl sites for hydroxylation is 2. The van der Waals surface area contributed by atoms with Crippen LogP contribution in [0.1, 0.15) is 34.8 Å². The number of aromatic nitrogens is 1. The Morgan fingerprint density at radius 3 is 2.38 bits per heavy atom. The van der Waals surface area contributed by atoms with Crippen molar-refractivity contribution >= 4 is 21.9 Å². The number of hydrogen-bond donors (Lipinski definition) is 0. The zero-order valence-electron chi connectivity index (χ0n) is 23.7. The summed E-state index contributed by atoms with van der Waals surface area (Å²) in [7, 11) is 2.02. The van der Waals surface area contributed by atoms with Crippen LogP contribution in [0, 0.1) is 39.0 Å². The molecule has 2 heterocycles. The number of pyridine rings is 1. The summed E-state index contributed by atoms with van der Waals surface area (Å²) in [6.07, 6.45) is 0. The normalized spacial score (nSPS) is 13.4. The molecule has 3 aromatic carbocycles. The van der Waals surface area contributed by atoms with Crippen LogP contribution in [-0.2, 0) is 7.05 Å². The molecule has 0 unspecified atom stereocenters. The standard InChI is InChI=1S/C29H25N2O/c1-17-11-12-23-25-15-21(16-30)14-24(22-9-7-6-8-10-22)28(25)32-29(23)27(17)26-13-18(2)19(3)20(4)31(26)5/h6-15H,1-5H3/q+1/i6D,7D,8D,9D,10D. The second kappa shape index (κ2) is 7.35. The quantitative estimate of drug-likeness (QED) is 0.292. The van der Waals surface area contributed by atoms with E-state index in [1.807, 2.05) is 26.1 Å². The minimum atomic E-state index is -0.466. The molecule has 0 aliphatic carbocycles. The van der Waals surface area contributed by atoms with Gasteiger partial charge in [-0.25, -0.2) is 0 Å². The van der Waals surface area contributed by atoms with Gasteiger partial charge in [0.25, 0.3) is 0 Å². The van der Waals surface area contributed by atoms with Crippen molar-refractivity contribution in [3.8, 4) is 28.5 Å². The van der Waals surface area contributed by atoms with Crippen LogP contribution in [0.3, 0.4) is 0 Å². The Morgan fingerprint density at radius 1 is 0.906 bits per heavy atom. The van der Waals surface area contributed by atoms with Crippen LogP contribution in [0.15, 0.2) is 65.0 Å². The molecule has 0 radical (unpaired) electrons. The molecule has 0 N–H and O–H groups in total. The van der Waals surface area contributed by atoms with Gasteiger partial charge in [-0.3, -0.25) is 0 Å². The molecular formula is C29H25N2O+. The molecule has 0 bridgehead atoms. The average Bonchev–Trinajstić information content (AvgIpc) is 3.26. The first-order valence-corrected chi connectivity index (χ1v) is 10.4. The van der Waals surface area contributed by atoms with Crippen LogP contribution >= 0.6 is 0 Å². The first-order valence-electron chi connectivity index (χ1n) is 12.9. The molecule has 0 spiro atoms. The van der Waals surface area contributed by atoms with Gasteiger partial charge in [0.05, 0.1) is 24.0 Å². The summed E-state index contributed by atoms with van der Waals surface area (Å²) in [5.74, 6) is 0. The highest BCUT2D eigenvalue weighted by Crippen LogP contribution is 2.41. The highest BCUT2D eigenvalue weighted by Gasteiger charge is 2.24. The minimum Gasteiger partial charge on any atom is -0.454 e. The summed E-state index contributed by atoms with van der Waals surface area (Å²) < 4.78 is 50.0. The summed E-state index contributed by atoms with van der Waals surface area (Å²) >= 11 is 0. The smallest absolute Gasteiger partial charge is 0.216 e. The van der Waals surface area contributed by atoms with E-state index in [1.54, 1.807) is 6.07 Å². The topological polar surface area (TPSA) is 40.8 Å². The first kappa shape index (κ1) is 15.0. The highest BCUT2D eigenvalue weighted by molar-refractivity contribution is 6.13. The van der Waals surface area contributed by atoms with Crippen LogP contribution < -0.4 is 4.57 Å².